The van der Waals surface area contributed by atoms with E-state index in [0.717, 1.165) is 4.88 Å². The topological polar surface area (TPSA) is 67.2 Å². The predicted octanol–water partition coefficient (Wildman–Crippen LogP) is 2.12. The first-order chi connectivity index (χ1) is 9.60. The van der Waals surface area contributed by atoms with Crippen LogP contribution in [-0.2, 0) is 0 Å². The minimum atomic E-state index is -0.187. The van der Waals surface area contributed by atoms with Crippen molar-refractivity contribution >= 4 is 22.9 Å². The van der Waals surface area contributed by atoms with Crippen LogP contribution < -0.4 is 5.32 Å². The molecule has 0 aliphatic carbocycles. The highest BCUT2D eigenvalue weighted by molar-refractivity contribution is 7.14. The molecule has 0 aliphatic heterocycles. The Morgan fingerprint density at radius 1 is 1.55 bits per heavy atom. The molecular weight excluding hydrogens is 274 g/mol. The van der Waals surface area contributed by atoms with Crippen LogP contribution in [0.5, 0.6) is 0 Å². The van der Waals surface area contributed by atoms with Gasteiger partial charge >= 0.3 is 0 Å². The first kappa shape index (κ1) is 14.3. The molecule has 0 fully saturated rings. The molecule has 0 saturated carbocycles. The molecule has 6 heteroatoms. The molecule has 104 valence electrons. The van der Waals surface area contributed by atoms with Gasteiger partial charge in [-0.2, -0.15) is 5.10 Å². The summed E-state index contributed by atoms with van der Waals surface area (Å²) in [6.45, 7) is 3.85. The van der Waals surface area contributed by atoms with E-state index in [1.807, 2.05) is 13.8 Å². The van der Waals surface area contributed by atoms with Crippen LogP contribution in [0.15, 0.2) is 24.5 Å². The van der Waals surface area contributed by atoms with Crippen molar-refractivity contribution in [1.29, 1.82) is 0 Å². The van der Waals surface area contributed by atoms with Crippen molar-refractivity contribution in [2.24, 2.45) is 0 Å². The molecule has 5 nitrogen and oxygen atoms in total. The van der Waals surface area contributed by atoms with Crippen LogP contribution in [0.4, 0.5) is 5.69 Å². The van der Waals surface area contributed by atoms with E-state index in [1.165, 1.54) is 11.3 Å². The van der Waals surface area contributed by atoms with Crippen molar-refractivity contribution in [3.63, 3.8) is 0 Å². The van der Waals surface area contributed by atoms with Gasteiger partial charge in [-0.25, -0.2) is 0 Å². The van der Waals surface area contributed by atoms with E-state index < -0.39 is 0 Å². The fraction of sp³-hybridized carbons (Fsp3) is 0.286. The maximum absolute atomic E-state index is 12.0. The zero-order valence-corrected chi connectivity index (χ0v) is 12.1. The first-order valence-electron chi connectivity index (χ1n) is 6.15. The maximum atomic E-state index is 12.0. The molecule has 0 atom stereocenters. The maximum Gasteiger partial charge on any atom is 0.265 e. The lowest BCUT2D eigenvalue weighted by atomic mass is 10.4. The summed E-state index contributed by atoms with van der Waals surface area (Å²) in [6, 6.07) is 3.73. The van der Waals surface area contributed by atoms with Gasteiger partial charge in [0.05, 0.1) is 21.6 Å². The van der Waals surface area contributed by atoms with Crippen LogP contribution in [-0.4, -0.2) is 27.4 Å². The van der Waals surface area contributed by atoms with Crippen LogP contribution in [0.25, 0.3) is 0 Å². The lowest BCUT2D eigenvalue weighted by molar-refractivity contribution is 0.103. The van der Waals surface area contributed by atoms with Gasteiger partial charge in [0.2, 0.25) is 0 Å². The minimum Gasteiger partial charge on any atom is -0.384 e. The Kier molecular flexibility index (Phi) is 4.56. The molecule has 0 unspecified atom stereocenters. The molecule has 0 spiro atoms. The fourth-order valence-corrected chi connectivity index (χ4v) is 2.31. The predicted molar refractivity (Wildman–Crippen MR) is 78.8 cm³/mol. The van der Waals surface area contributed by atoms with Gasteiger partial charge in [0.1, 0.15) is 6.61 Å². The Morgan fingerprint density at radius 3 is 3.00 bits per heavy atom. The standard InChI is InChI=1S/C14H15N3O2S/c1-10(2)17-9-11(8-15-17)16-14(19)13-6-5-12(20-13)4-3-7-18/h5-6,8-10,18H,7H2,1-2H3,(H,16,19). The SMILES string of the molecule is CC(C)n1cc(NC(=O)c2ccc(C#CCO)s2)cn1. The van der Waals surface area contributed by atoms with Gasteiger partial charge < -0.3 is 10.4 Å². The molecule has 1 amide bonds. The van der Waals surface area contributed by atoms with Crippen molar-refractivity contribution in [2.75, 3.05) is 11.9 Å². The Hall–Kier alpha value is -2.10. The summed E-state index contributed by atoms with van der Waals surface area (Å²) in [6.07, 6.45) is 3.42. The zero-order chi connectivity index (χ0) is 14.5. The largest absolute Gasteiger partial charge is 0.384 e. The number of thiophene rings is 1. The number of carbonyl (C=O) groups is 1. The van der Waals surface area contributed by atoms with E-state index in [9.17, 15) is 4.79 Å². The molecule has 2 aromatic heterocycles. The molecule has 0 bridgehead atoms. The summed E-state index contributed by atoms with van der Waals surface area (Å²) >= 11 is 1.29. The molecule has 2 aromatic rings. The number of carbonyl (C=O) groups excluding carboxylic acids is 1. The van der Waals surface area contributed by atoms with Gasteiger partial charge in [0.25, 0.3) is 5.91 Å². The van der Waals surface area contributed by atoms with E-state index in [0.29, 0.717) is 10.6 Å². The van der Waals surface area contributed by atoms with Crippen molar-refractivity contribution in [3.05, 3.63) is 34.3 Å². The van der Waals surface area contributed by atoms with Crippen molar-refractivity contribution < 1.29 is 9.90 Å². The molecule has 0 aromatic carbocycles. The van der Waals surface area contributed by atoms with Crippen molar-refractivity contribution in [1.82, 2.24) is 9.78 Å². The molecule has 20 heavy (non-hydrogen) atoms. The Morgan fingerprint density at radius 2 is 2.35 bits per heavy atom. The third kappa shape index (κ3) is 3.47. The van der Waals surface area contributed by atoms with Gasteiger partial charge in [-0.1, -0.05) is 11.8 Å². The van der Waals surface area contributed by atoms with E-state index in [-0.39, 0.29) is 18.6 Å². The second-order valence-electron chi connectivity index (χ2n) is 4.38. The smallest absolute Gasteiger partial charge is 0.265 e. The van der Waals surface area contributed by atoms with E-state index >= 15 is 0 Å². The van der Waals surface area contributed by atoms with E-state index in [4.69, 9.17) is 5.11 Å². The van der Waals surface area contributed by atoms with Crippen LogP contribution in [0, 0.1) is 11.8 Å². The monoisotopic (exact) mass is 289 g/mol. The average Bonchev–Trinajstić information content (AvgIpc) is 3.04. The zero-order valence-electron chi connectivity index (χ0n) is 11.3. The molecule has 0 saturated heterocycles. The highest BCUT2D eigenvalue weighted by atomic mass is 32.1. The van der Waals surface area contributed by atoms with Crippen LogP contribution >= 0.6 is 11.3 Å². The number of hydrogen-bond acceptors (Lipinski definition) is 4. The number of anilines is 1. The quantitative estimate of drug-likeness (QED) is 0.851. The molecule has 0 radical (unpaired) electrons. The average molecular weight is 289 g/mol. The Bertz CT molecular complexity index is 661. The molecule has 2 N–H and O–H groups in total. The lowest BCUT2D eigenvalue weighted by Gasteiger charge is -2.03. The van der Waals surface area contributed by atoms with Crippen molar-refractivity contribution in [2.45, 2.75) is 19.9 Å². The number of aliphatic hydroxyl groups is 1. The highest BCUT2D eigenvalue weighted by Gasteiger charge is 2.10. The third-order valence-corrected chi connectivity index (χ3v) is 3.51. The lowest BCUT2D eigenvalue weighted by Crippen LogP contribution is -2.09. The molecule has 2 heterocycles. The van der Waals surface area contributed by atoms with Crippen LogP contribution in [0.2, 0.25) is 0 Å². The number of nitrogens with zero attached hydrogens (tertiary/aromatic N) is 2. The van der Waals surface area contributed by atoms with Gasteiger partial charge in [-0.15, -0.1) is 11.3 Å². The van der Waals surface area contributed by atoms with Gasteiger partial charge in [-0.05, 0) is 26.0 Å². The summed E-state index contributed by atoms with van der Waals surface area (Å²) in [5.74, 6) is 5.14. The minimum absolute atomic E-state index is 0.185. The summed E-state index contributed by atoms with van der Waals surface area (Å²) in [4.78, 5) is 13.4. The van der Waals surface area contributed by atoms with Crippen LogP contribution in [0.1, 0.15) is 34.4 Å². The third-order valence-electron chi connectivity index (χ3n) is 2.51. The summed E-state index contributed by atoms with van der Waals surface area (Å²) in [7, 11) is 0. The normalized spacial score (nSPS) is 10.2. The summed E-state index contributed by atoms with van der Waals surface area (Å²) < 4.78 is 1.78. The van der Waals surface area contributed by atoms with E-state index in [2.05, 4.69) is 22.3 Å². The highest BCUT2D eigenvalue weighted by Crippen LogP contribution is 2.18. The number of aliphatic hydroxyl groups excluding tert-OH is 1. The summed E-state index contributed by atoms with van der Waals surface area (Å²) in [5, 5.41) is 15.6. The number of rotatable bonds is 3. The second kappa shape index (κ2) is 6.37. The molecular formula is C14H15N3O2S. The molecule has 2 rings (SSSR count). The van der Waals surface area contributed by atoms with Gasteiger partial charge in [0.15, 0.2) is 0 Å². The van der Waals surface area contributed by atoms with Gasteiger partial charge in [-0.3, -0.25) is 9.48 Å². The van der Waals surface area contributed by atoms with Crippen molar-refractivity contribution in [3.8, 4) is 11.8 Å². The Balaban J connectivity index is 2.05. The Labute approximate surface area is 121 Å². The van der Waals surface area contributed by atoms with Crippen LogP contribution in [0.3, 0.4) is 0 Å². The first-order valence-corrected chi connectivity index (χ1v) is 6.97. The number of aromatic nitrogens is 2. The number of amides is 1. The van der Waals surface area contributed by atoms with Gasteiger partial charge in [0, 0.05) is 12.2 Å². The second-order valence-corrected chi connectivity index (χ2v) is 5.46. The fourth-order valence-electron chi connectivity index (χ4n) is 1.53. The number of hydrogen-bond donors (Lipinski definition) is 2. The summed E-state index contributed by atoms with van der Waals surface area (Å²) in [5.41, 5.74) is 0.667. The van der Waals surface area contributed by atoms with E-state index in [1.54, 1.807) is 29.2 Å². The number of nitrogens with one attached hydrogen (secondary N) is 1. The molecule has 0 aliphatic rings.